The largest absolute Gasteiger partial charge is 0.394 e. The summed E-state index contributed by atoms with van der Waals surface area (Å²) in [5.41, 5.74) is 1.03. The highest BCUT2D eigenvalue weighted by atomic mass is 16.3. The van der Waals surface area contributed by atoms with E-state index < -0.39 is 0 Å². The van der Waals surface area contributed by atoms with Gasteiger partial charge in [0.1, 0.15) is 5.82 Å². The molecule has 1 aromatic heterocycles. The maximum atomic E-state index is 11.8. The molecule has 6 heteroatoms. The lowest BCUT2D eigenvalue weighted by Crippen LogP contribution is -2.43. The molecule has 0 aromatic carbocycles. The zero-order chi connectivity index (χ0) is 15.8. The molecule has 0 radical (unpaired) electrons. The van der Waals surface area contributed by atoms with Crippen molar-refractivity contribution in [2.24, 2.45) is 0 Å². The second-order valence-corrected chi connectivity index (χ2v) is 5.68. The molecule has 2 amide bonds. The Morgan fingerprint density at radius 3 is 2.86 bits per heavy atom. The van der Waals surface area contributed by atoms with Crippen LogP contribution in [0.1, 0.15) is 38.2 Å². The van der Waals surface area contributed by atoms with Crippen molar-refractivity contribution in [1.82, 2.24) is 15.6 Å². The molecular weight excluding hydrogens is 280 g/mol. The van der Waals surface area contributed by atoms with Crippen LogP contribution in [-0.4, -0.2) is 41.9 Å². The van der Waals surface area contributed by atoms with Crippen LogP contribution in [0.5, 0.6) is 0 Å². The van der Waals surface area contributed by atoms with Crippen LogP contribution in [0.15, 0.2) is 18.3 Å². The lowest BCUT2D eigenvalue weighted by atomic mass is 10.1. The number of urea groups is 1. The minimum atomic E-state index is -0.253. The normalized spacial score (nSPS) is 16.2. The summed E-state index contributed by atoms with van der Waals surface area (Å²) in [4.78, 5) is 18.5. The van der Waals surface area contributed by atoms with E-state index in [2.05, 4.69) is 20.5 Å². The molecule has 3 N–H and O–H groups in total. The third kappa shape index (κ3) is 4.87. The lowest BCUT2D eigenvalue weighted by Gasteiger charge is -2.28. The second-order valence-electron chi connectivity index (χ2n) is 5.68. The molecule has 1 fully saturated rings. The van der Waals surface area contributed by atoms with Gasteiger partial charge in [-0.05, 0) is 43.4 Å². The van der Waals surface area contributed by atoms with Crippen LogP contribution >= 0.6 is 0 Å². The fraction of sp³-hybridized carbons (Fsp3) is 0.625. The first-order valence-corrected chi connectivity index (χ1v) is 8.08. The molecule has 1 saturated heterocycles. The van der Waals surface area contributed by atoms with Gasteiger partial charge in [-0.2, -0.15) is 0 Å². The van der Waals surface area contributed by atoms with E-state index in [0.717, 1.165) is 24.5 Å². The average molecular weight is 306 g/mol. The number of hydrogen-bond donors (Lipinski definition) is 3. The van der Waals surface area contributed by atoms with Gasteiger partial charge < -0.3 is 20.6 Å². The average Bonchev–Trinajstić information content (AvgIpc) is 2.59. The first-order chi connectivity index (χ1) is 10.7. The van der Waals surface area contributed by atoms with Gasteiger partial charge in [-0.1, -0.05) is 6.92 Å². The summed E-state index contributed by atoms with van der Waals surface area (Å²) < 4.78 is 0. The number of rotatable bonds is 6. The summed E-state index contributed by atoms with van der Waals surface area (Å²) in [5.74, 6) is 0.987. The Kier molecular flexibility index (Phi) is 6.45. The van der Waals surface area contributed by atoms with Crippen molar-refractivity contribution in [3.63, 3.8) is 0 Å². The number of hydrogen-bond acceptors (Lipinski definition) is 4. The van der Waals surface area contributed by atoms with E-state index in [-0.39, 0.29) is 18.7 Å². The van der Waals surface area contributed by atoms with Crippen LogP contribution in [0.2, 0.25) is 0 Å². The Morgan fingerprint density at radius 2 is 2.18 bits per heavy atom. The number of carbonyl (C=O) groups is 1. The van der Waals surface area contributed by atoms with E-state index in [4.69, 9.17) is 5.11 Å². The molecule has 1 unspecified atom stereocenters. The monoisotopic (exact) mass is 306 g/mol. The topological polar surface area (TPSA) is 77.5 Å². The van der Waals surface area contributed by atoms with E-state index in [1.54, 1.807) is 6.20 Å². The van der Waals surface area contributed by atoms with Crippen LogP contribution in [0.25, 0.3) is 0 Å². The van der Waals surface area contributed by atoms with Gasteiger partial charge in [0.25, 0.3) is 0 Å². The summed E-state index contributed by atoms with van der Waals surface area (Å²) in [6.45, 7) is 4.45. The molecule has 22 heavy (non-hydrogen) atoms. The van der Waals surface area contributed by atoms with Crippen LogP contribution in [0.4, 0.5) is 10.6 Å². The van der Waals surface area contributed by atoms with E-state index >= 15 is 0 Å². The zero-order valence-corrected chi connectivity index (χ0v) is 13.2. The van der Waals surface area contributed by atoms with Gasteiger partial charge in [0.2, 0.25) is 0 Å². The molecule has 1 aliphatic rings. The lowest BCUT2D eigenvalue weighted by molar-refractivity contribution is 0.214. The van der Waals surface area contributed by atoms with Gasteiger partial charge in [-0.25, -0.2) is 9.78 Å². The molecule has 0 bridgehead atoms. The summed E-state index contributed by atoms with van der Waals surface area (Å²) in [6.07, 6.45) is 6.22. The number of nitrogens with zero attached hydrogens (tertiary/aromatic N) is 2. The molecule has 122 valence electrons. The Hall–Kier alpha value is -1.82. The Bertz CT molecular complexity index is 471. The number of aliphatic hydroxyl groups is 1. The van der Waals surface area contributed by atoms with Crippen LogP contribution in [0.3, 0.4) is 0 Å². The second kappa shape index (κ2) is 8.58. The van der Waals surface area contributed by atoms with E-state index in [1.165, 1.54) is 19.3 Å². The Balaban J connectivity index is 1.86. The standard InChI is InChI=1S/C16H26N4O2/c1-2-14(12-21)19-16(22)18-11-13-6-7-17-15(10-13)20-8-4-3-5-9-20/h6-7,10,14,21H,2-5,8-9,11-12H2,1H3,(H2,18,19,22). The van der Waals surface area contributed by atoms with Crippen molar-refractivity contribution in [3.05, 3.63) is 23.9 Å². The van der Waals surface area contributed by atoms with Crippen LogP contribution in [0, 0.1) is 0 Å². The summed E-state index contributed by atoms with van der Waals surface area (Å²) >= 11 is 0. The molecule has 0 aliphatic carbocycles. The maximum Gasteiger partial charge on any atom is 0.315 e. The molecule has 2 heterocycles. The van der Waals surface area contributed by atoms with Gasteiger partial charge in [0.15, 0.2) is 0 Å². The van der Waals surface area contributed by atoms with Crippen molar-refractivity contribution >= 4 is 11.8 Å². The molecule has 1 aliphatic heterocycles. The third-order valence-electron chi connectivity index (χ3n) is 3.99. The fourth-order valence-electron chi connectivity index (χ4n) is 2.56. The SMILES string of the molecule is CCC(CO)NC(=O)NCc1ccnc(N2CCCCC2)c1. The predicted molar refractivity (Wildman–Crippen MR) is 86.8 cm³/mol. The van der Waals surface area contributed by atoms with Crippen LogP contribution < -0.4 is 15.5 Å². The number of nitrogens with one attached hydrogen (secondary N) is 2. The maximum absolute atomic E-state index is 11.8. The third-order valence-corrected chi connectivity index (χ3v) is 3.99. The number of piperidine rings is 1. The first-order valence-electron chi connectivity index (χ1n) is 8.08. The van der Waals surface area contributed by atoms with Crippen molar-refractivity contribution in [3.8, 4) is 0 Å². The number of aromatic nitrogens is 1. The van der Waals surface area contributed by atoms with Gasteiger partial charge in [-0.15, -0.1) is 0 Å². The van der Waals surface area contributed by atoms with Crippen molar-refractivity contribution in [2.45, 2.75) is 45.2 Å². The minimum Gasteiger partial charge on any atom is -0.394 e. The highest BCUT2D eigenvalue weighted by Gasteiger charge is 2.13. The minimum absolute atomic E-state index is 0.0434. The zero-order valence-electron chi connectivity index (χ0n) is 13.2. The molecule has 1 atom stereocenters. The molecule has 1 aromatic rings. The summed E-state index contributed by atoms with van der Waals surface area (Å²) in [5, 5.41) is 14.6. The highest BCUT2D eigenvalue weighted by molar-refractivity contribution is 5.74. The molecule has 6 nitrogen and oxygen atoms in total. The van der Waals surface area contributed by atoms with Gasteiger partial charge in [0, 0.05) is 25.8 Å². The van der Waals surface area contributed by atoms with Crippen LogP contribution in [-0.2, 0) is 6.54 Å². The number of carbonyl (C=O) groups excluding carboxylic acids is 1. The molecule has 2 rings (SSSR count). The van der Waals surface area contributed by atoms with Crippen molar-refractivity contribution < 1.29 is 9.90 Å². The number of anilines is 1. The Labute approximate surface area is 131 Å². The molecule has 0 saturated carbocycles. The van der Waals surface area contributed by atoms with E-state index in [9.17, 15) is 4.79 Å². The molecule has 0 spiro atoms. The van der Waals surface area contributed by atoms with Gasteiger partial charge in [-0.3, -0.25) is 0 Å². The first kappa shape index (κ1) is 16.5. The summed E-state index contributed by atoms with van der Waals surface area (Å²) in [7, 11) is 0. The van der Waals surface area contributed by atoms with Gasteiger partial charge >= 0.3 is 6.03 Å². The number of amides is 2. The Morgan fingerprint density at radius 1 is 1.41 bits per heavy atom. The van der Waals surface area contributed by atoms with E-state index in [1.807, 2.05) is 19.1 Å². The number of pyridine rings is 1. The molecular formula is C16H26N4O2. The quantitative estimate of drug-likeness (QED) is 0.747. The number of aliphatic hydroxyl groups excluding tert-OH is 1. The van der Waals surface area contributed by atoms with Gasteiger partial charge in [0.05, 0.1) is 12.6 Å². The smallest absolute Gasteiger partial charge is 0.315 e. The summed E-state index contributed by atoms with van der Waals surface area (Å²) in [6, 6.07) is 3.50. The van der Waals surface area contributed by atoms with Crippen molar-refractivity contribution in [2.75, 3.05) is 24.6 Å². The van der Waals surface area contributed by atoms with E-state index in [0.29, 0.717) is 13.0 Å². The van der Waals surface area contributed by atoms with Crippen molar-refractivity contribution in [1.29, 1.82) is 0 Å². The fourth-order valence-corrected chi connectivity index (χ4v) is 2.56. The predicted octanol–water partition coefficient (Wildman–Crippen LogP) is 1.64. The highest BCUT2D eigenvalue weighted by Crippen LogP contribution is 2.18.